The minimum atomic E-state index is 0.972. The largest absolute Gasteiger partial charge is 0.369 e. The van der Waals surface area contributed by atoms with E-state index in [0.717, 1.165) is 12.9 Å². The first-order chi connectivity index (χ1) is 2.50. The summed E-state index contributed by atoms with van der Waals surface area (Å²) in [7, 11) is 1.75. The van der Waals surface area contributed by atoms with Gasteiger partial charge in [0.2, 0.25) is 0 Å². The molecule has 0 bridgehead atoms. The molecule has 0 saturated carbocycles. The Hall–Kier alpha value is -0.0151. The van der Waals surface area contributed by atoms with Crippen LogP contribution in [0.15, 0.2) is 0 Å². The fraction of sp³-hybridized carbons (Fsp3) is 1.00. The van der Waals surface area contributed by atoms with E-state index in [4.69, 9.17) is 0 Å². The van der Waals surface area contributed by atoms with Gasteiger partial charge in [0.25, 0.3) is 0 Å². The van der Waals surface area contributed by atoms with Crippen molar-refractivity contribution in [2.45, 2.75) is 6.32 Å². The fourth-order valence-electron chi connectivity index (χ4n) is 0.295. The minimum absolute atomic E-state index is 0.972. The molecule has 1 fully saturated rings. The van der Waals surface area contributed by atoms with E-state index >= 15 is 0 Å². The van der Waals surface area contributed by atoms with Crippen LogP contribution in [0.2, 0.25) is 6.32 Å². The molecule has 0 spiro atoms. The van der Waals surface area contributed by atoms with Gasteiger partial charge in [0.15, 0.2) is 0 Å². The molecule has 1 saturated heterocycles. The second-order valence-electron chi connectivity index (χ2n) is 0.968. The summed E-state index contributed by atoms with van der Waals surface area (Å²) < 4.78 is 4.57. The minimum Gasteiger partial charge on any atom is -0.369 e. The van der Waals surface area contributed by atoms with Crippen LogP contribution >= 0.6 is 0 Å². The zero-order valence-electron chi connectivity index (χ0n) is 2.90. The summed E-state index contributed by atoms with van der Waals surface area (Å²) >= 11 is 0. The lowest BCUT2D eigenvalue weighted by atomic mass is 9.99. The maximum Gasteiger partial charge on any atom is 0.325 e. The summed E-state index contributed by atoms with van der Waals surface area (Å²) in [5.74, 6) is 0. The highest BCUT2D eigenvalue weighted by Gasteiger charge is 1.97. The molecule has 1 rings (SSSR count). The first-order valence-electron chi connectivity index (χ1n) is 1.70. The van der Waals surface area contributed by atoms with E-state index in [-0.39, 0.29) is 0 Å². The summed E-state index contributed by atoms with van der Waals surface area (Å²) in [5, 5.41) is 0. The molecule has 1 N–H and O–H groups in total. The molecule has 0 aromatic heterocycles. The quantitative estimate of drug-likeness (QED) is 0.390. The average Bonchev–Trinajstić information content (AvgIpc) is 1.76. The van der Waals surface area contributed by atoms with Crippen molar-refractivity contribution in [2.75, 3.05) is 6.54 Å². The van der Waals surface area contributed by atoms with Crippen molar-refractivity contribution in [1.82, 2.24) is 5.48 Å². The molecule has 1 aliphatic rings. The summed E-state index contributed by atoms with van der Waals surface area (Å²) in [6.07, 6.45) is 1.04. The average molecular weight is 69.9 g/mol. The maximum absolute atomic E-state index is 4.57. The molecule has 1 radical (unpaired) electrons. The van der Waals surface area contributed by atoms with Gasteiger partial charge in [-0.2, -0.15) is 0 Å². The van der Waals surface area contributed by atoms with Crippen molar-refractivity contribution in [3.63, 3.8) is 0 Å². The predicted octanol–water partition coefficient (Wildman–Crippen LogP) is -0.441. The van der Waals surface area contributed by atoms with Crippen LogP contribution in [0.4, 0.5) is 0 Å². The van der Waals surface area contributed by atoms with Crippen molar-refractivity contribution >= 4 is 7.48 Å². The Bertz CT molecular complexity index is 21.2. The molecule has 2 nitrogen and oxygen atoms in total. The molecule has 3 heteroatoms. The van der Waals surface area contributed by atoms with Gasteiger partial charge >= 0.3 is 7.48 Å². The molecular formula is C2H5BNO. The number of hydroxylamine groups is 1. The van der Waals surface area contributed by atoms with Crippen molar-refractivity contribution in [3.8, 4) is 0 Å². The van der Waals surface area contributed by atoms with Crippen LogP contribution in [0, 0.1) is 0 Å². The summed E-state index contributed by atoms with van der Waals surface area (Å²) in [6, 6.07) is 0. The molecule has 0 aromatic carbocycles. The fourth-order valence-corrected chi connectivity index (χ4v) is 0.295. The summed E-state index contributed by atoms with van der Waals surface area (Å²) in [4.78, 5) is 0. The zero-order valence-corrected chi connectivity index (χ0v) is 2.90. The lowest BCUT2D eigenvalue weighted by Crippen LogP contribution is -2.02. The van der Waals surface area contributed by atoms with E-state index in [9.17, 15) is 0 Å². The molecule has 0 aliphatic carbocycles. The van der Waals surface area contributed by atoms with Gasteiger partial charge < -0.3 is 4.76 Å². The number of rotatable bonds is 0. The van der Waals surface area contributed by atoms with Gasteiger partial charge in [0.05, 0.1) is 0 Å². The van der Waals surface area contributed by atoms with Crippen LogP contribution < -0.4 is 5.48 Å². The van der Waals surface area contributed by atoms with Gasteiger partial charge in [-0.1, -0.05) is 0 Å². The van der Waals surface area contributed by atoms with E-state index < -0.39 is 0 Å². The third-order valence-electron chi connectivity index (χ3n) is 0.531. The second-order valence-corrected chi connectivity index (χ2v) is 0.968. The van der Waals surface area contributed by atoms with E-state index in [2.05, 4.69) is 10.2 Å². The molecule has 0 amide bonds. The highest BCUT2D eigenvalue weighted by Crippen LogP contribution is 1.82. The van der Waals surface area contributed by atoms with Crippen molar-refractivity contribution in [2.24, 2.45) is 0 Å². The Morgan fingerprint density at radius 1 is 1.80 bits per heavy atom. The van der Waals surface area contributed by atoms with Gasteiger partial charge in [-0.05, 0) is 6.32 Å². The lowest BCUT2D eigenvalue weighted by molar-refractivity contribution is 0.246. The Morgan fingerprint density at radius 2 is 2.80 bits per heavy atom. The Morgan fingerprint density at radius 3 is 3.00 bits per heavy atom. The summed E-state index contributed by atoms with van der Waals surface area (Å²) in [5.41, 5.74) is 2.67. The Kier molecular flexibility index (Phi) is 0.910. The standard InChI is InChI=1S/C2H5BNO/c1-2-4-5-3-1/h4H,1-2H2. The van der Waals surface area contributed by atoms with E-state index in [1.165, 1.54) is 0 Å². The maximum atomic E-state index is 4.57. The molecule has 5 heavy (non-hydrogen) atoms. The van der Waals surface area contributed by atoms with Gasteiger partial charge in [-0.15, -0.1) is 0 Å². The predicted molar refractivity (Wildman–Crippen MR) is 19.6 cm³/mol. The van der Waals surface area contributed by atoms with Crippen LogP contribution in [-0.2, 0) is 4.76 Å². The molecule has 0 atom stereocenters. The normalized spacial score (nSPS) is 22.4. The van der Waals surface area contributed by atoms with Gasteiger partial charge in [0.1, 0.15) is 0 Å². The van der Waals surface area contributed by atoms with Crippen LogP contribution in [0.1, 0.15) is 0 Å². The molecule has 0 aromatic rings. The second kappa shape index (κ2) is 1.43. The topological polar surface area (TPSA) is 21.3 Å². The highest BCUT2D eigenvalue weighted by molar-refractivity contribution is 6.27. The van der Waals surface area contributed by atoms with Gasteiger partial charge in [0, 0.05) is 6.54 Å². The molecular weight excluding hydrogens is 64.8 g/mol. The molecule has 1 heterocycles. The number of hydrogen-bond acceptors (Lipinski definition) is 2. The zero-order chi connectivity index (χ0) is 3.54. The van der Waals surface area contributed by atoms with E-state index in [1.807, 2.05) is 0 Å². The van der Waals surface area contributed by atoms with Crippen LogP contribution in [0.3, 0.4) is 0 Å². The third kappa shape index (κ3) is 0.632. The first-order valence-corrected chi connectivity index (χ1v) is 1.70. The van der Waals surface area contributed by atoms with E-state index in [1.54, 1.807) is 7.48 Å². The molecule has 1 aliphatic heterocycles. The van der Waals surface area contributed by atoms with Crippen LogP contribution in [0.25, 0.3) is 0 Å². The highest BCUT2D eigenvalue weighted by atomic mass is 16.6. The number of nitrogens with one attached hydrogen (secondary N) is 1. The number of hydrogen-bond donors (Lipinski definition) is 1. The lowest BCUT2D eigenvalue weighted by Gasteiger charge is -1.81. The Balaban J connectivity index is 2.08. The van der Waals surface area contributed by atoms with Gasteiger partial charge in [-0.3, -0.25) is 0 Å². The Labute approximate surface area is 31.7 Å². The van der Waals surface area contributed by atoms with Crippen molar-refractivity contribution in [3.05, 3.63) is 0 Å². The van der Waals surface area contributed by atoms with Crippen molar-refractivity contribution in [1.29, 1.82) is 0 Å². The first kappa shape index (κ1) is 3.19. The monoisotopic (exact) mass is 70.0 g/mol. The smallest absolute Gasteiger partial charge is 0.325 e. The SMILES string of the molecule is [B]1CCNO1. The van der Waals surface area contributed by atoms with Crippen molar-refractivity contribution < 1.29 is 4.76 Å². The van der Waals surface area contributed by atoms with Gasteiger partial charge in [-0.25, -0.2) is 5.48 Å². The molecule has 0 unspecified atom stereocenters. The van der Waals surface area contributed by atoms with Crippen LogP contribution in [0.5, 0.6) is 0 Å². The third-order valence-corrected chi connectivity index (χ3v) is 0.531. The van der Waals surface area contributed by atoms with E-state index in [0.29, 0.717) is 0 Å². The van der Waals surface area contributed by atoms with Crippen LogP contribution in [-0.4, -0.2) is 14.0 Å². The molecule has 27 valence electrons. The summed E-state index contributed by atoms with van der Waals surface area (Å²) in [6.45, 7) is 0.972.